The fraction of sp³-hybridized carbons (Fsp3) is 0.143. The van der Waals surface area contributed by atoms with E-state index in [-0.39, 0.29) is 0 Å². The normalized spacial score (nSPS) is 10.2. The number of hydrogen-bond acceptors (Lipinski definition) is 1. The predicted molar refractivity (Wildman–Crippen MR) is 70.7 cm³/mol. The number of anilines is 2. The van der Waals surface area contributed by atoms with Crippen molar-refractivity contribution < 1.29 is 0 Å². The monoisotopic (exact) mass is 231 g/mol. The highest BCUT2D eigenvalue weighted by Crippen LogP contribution is 2.20. The zero-order valence-electron chi connectivity index (χ0n) is 9.42. The Morgan fingerprint density at radius 2 is 1.38 bits per heavy atom. The lowest BCUT2D eigenvalue weighted by molar-refractivity contribution is 1.37. The van der Waals surface area contributed by atoms with E-state index in [9.17, 15) is 0 Å². The maximum absolute atomic E-state index is 5.84. The van der Waals surface area contributed by atoms with E-state index in [4.69, 9.17) is 11.6 Å². The summed E-state index contributed by atoms with van der Waals surface area (Å²) in [5, 5.41) is 4.11. The third kappa shape index (κ3) is 2.77. The summed E-state index contributed by atoms with van der Waals surface area (Å²) in [4.78, 5) is 0. The topological polar surface area (TPSA) is 12.0 Å². The first kappa shape index (κ1) is 11.0. The van der Waals surface area contributed by atoms with Crippen LogP contribution in [-0.2, 0) is 0 Å². The van der Waals surface area contributed by atoms with Crippen LogP contribution in [0, 0.1) is 13.8 Å². The number of halogens is 1. The van der Waals surface area contributed by atoms with E-state index < -0.39 is 0 Å². The summed E-state index contributed by atoms with van der Waals surface area (Å²) >= 11 is 5.84. The van der Waals surface area contributed by atoms with Crippen LogP contribution in [0.5, 0.6) is 0 Å². The number of nitrogens with one attached hydrogen (secondary N) is 1. The van der Waals surface area contributed by atoms with Gasteiger partial charge in [0.25, 0.3) is 0 Å². The van der Waals surface area contributed by atoms with Gasteiger partial charge in [-0.05, 0) is 61.4 Å². The molecule has 1 N–H and O–H groups in total. The second kappa shape index (κ2) is 4.58. The van der Waals surface area contributed by atoms with E-state index in [1.54, 1.807) is 0 Å². The molecule has 16 heavy (non-hydrogen) atoms. The molecule has 2 heteroatoms. The first-order valence-electron chi connectivity index (χ1n) is 5.24. The largest absolute Gasteiger partial charge is 0.356 e. The van der Waals surface area contributed by atoms with Gasteiger partial charge in [0, 0.05) is 16.4 Å². The van der Waals surface area contributed by atoms with Crippen molar-refractivity contribution in [3.8, 4) is 0 Å². The molecule has 1 nitrogen and oxygen atoms in total. The lowest BCUT2D eigenvalue weighted by Gasteiger charge is -2.08. The standard InChI is InChI=1S/C14H14ClN/c1-10-7-11(2)9-14(8-10)16-13-5-3-12(15)4-6-13/h3-9,16H,1-2H3. The van der Waals surface area contributed by atoms with Gasteiger partial charge >= 0.3 is 0 Å². The summed E-state index contributed by atoms with van der Waals surface area (Å²) in [7, 11) is 0. The highest BCUT2D eigenvalue weighted by molar-refractivity contribution is 6.30. The van der Waals surface area contributed by atoms with Crippen LogP contribution in [0.3, 0.4) is 0 Å². The average Bonchev–Trinajstić information content (AvgIpc) is 2.20. The van der Waals surface area contributed by atoms with Crippen molar-refractivity contribution in [3.63, 3.8) is 0 Å². The molecule has 0 aliphatic rings. The average molecular weight is 232 g/mol. The van der Waals surface area contributed by atoms with E-state index in [1.807, 2.05) is 24.3 Å². The van der Waals surface area contributed by atoms with Crippen molar-refractivity contribution in [1.82, 2.24) is 0 Å². The molecule has 0 aliphatic carbocycles. The van der Waals surface area contributed by atoms with Crippen molar-refractivity contribution in [2.24, 2.45) is 0 Å². The Hall–Kier alpha value is -1.47. The van der Waals surface area contributed by atoms with E-state index in [1.165, 1.54) is 11.1 Å². The van der Waals surface area contributed by atoms with E-state index in [0.717, 1.165) is 16.4 Å². The lowest BCUT2D eigenvalue weighted by Crippen LogP contribution is -1.91. The molecule has 0 unspecified atom stereocenters. The zero-order chi connectivity index (χ0) is 11.5. The van der Waals surface area contributed by atoms with Gasteiger partial charge in [0.05, 0.1) is 0 Å². The van der Waals surface area contributed by atoms with Crippen LogP contribution < -0.4 is 5.32 Å². The van der Waals surface area contributed by atoms with Crippen LogP contribution in [0.2, 0.25) is 5.02 Å². The first-order chi connectivity index (χ1) is 7.63. The molecule has 0 spiro atoms. The van der Waals surface area contributed by atoms with Gasteiger partial charge in [0.15, 0.2) is 0 Å². The van der Waals surface area contributed by atoms with Gasteiger partial charge < -0.3 is 5.32 Å². The van der Waals surface area contributed by atoms with Crippen molar-refractivity contribution >= 4 is 23.0 Å². The smallest absolute Gasteiger partial charge is 0.0407 e. The summed E-state index contributed by atoms with van der Waals surface area (Å²) in [6.07, 6.45) is 0. The maximum atomic E-state index is 5.84. The van der Waals surface area contributed by atoms with Gasteiger partial charge in [0.1, 0.15) is 0 Å². The Kier molecular flexibility index (Phi) is 3.16. The van der Waals surface area contributed by atoms with Crippen LogP contribution in [-0.4, -0.2) is 0 Å². The molecule has 0 amide bonds. The van der Waals surface area contributed by atoms with Crippen LogP contribution in [0.4, 0.5) is 11.4 Å². The van der Waals surface area contributed by atoms with Gasteiger partial charge in [-0.3, -0.25) is 0 Å². The zero-order valence-corrected chi connectivity index (χ0v) is 10.2. The molecule has 2 aromatic carbocycles. The Bertz CT molecular complexity index is 468. The first-order valence-corrected chi connectivity index (χ1v) is 5.62. The maximum Gasteiger partial charge on any atom is 0.0407 e. The summed E-state index contributed by atoms with van der Waals surface area (Å²) in [6.45, 7) is 4.19. The molecule has 0 radical (unpaired) electrons. The van der Waals surface area contributed by atoms with Crippen molar-refractivity contribution in [2.45, 2.75) is 13.8 Å². The summed E-state index contributed by atoms with van der Waals surface area (Å²) in [5.41, 5.74) is 4.68. The minimum absolute atomic E-state index is 0.756. The van der Waals surface area contributed by atoms with Gasteiger partial charge in [-0.15, -0.1) is 0 Å². The molecule has 82 valence electrons. The van der Waals surface area contributed by atoms with Crippen molar-refractivity contribution in [2.75, 3.05) is 5.32 Å². The Morgan fingerprint density at radius 3 is 1.94 bits per heavy atom. The van der Waals surface area contributed by atoms with Crippen LogP contribution in [0.1, 0.15) is 11.1 Å². The molecular weight excluding hydrogens is 218 g/mol. The molecule has 0 saturated carbocycles. The van der Waals surface area contributed by atoms with Gasteiger partial charge in [0.2, 0.25) is 0 Å². The van der Waals surface area contributed by atoms with E-state index in [0.29, 0.717) is 0 Å². The van der Waals surface area contributed by atoms with Gasteiger partial charge in [-0.25, -0.2) is 0 Å². The predicted octanol–water partition coefficient (Wildman–Crippen LogP) is 4.70. The summed E-state index contributed by atoms with van der Waals surface area (Å²) in [5.74, 6) is 0. The molecule has 0 saturated heterocycles. The van der Waals surface area contributed by atoms with E-state index in [2.05, 4.69) is 37.4 Å². The number of benzene rings is 2. The fourth-order valence-corrected chi connectivity index (χ4v) is 1.87. The fourth-order valence-electron chi connectivity index (χ4n) is 1.75. The molecule has 0 bridgehead atoms. The summed E-state index contributed by atoms with van der Waals surface area (Å²) < 4.78 is 0. The number of rotatable bonds is 2. The molecule has 0 heterocycles. The Morgan fingerprint density at radius 1 is 0.812 bits per heavy atom. The Balaban J connectivity index is 2.23. The highest BCUT2D eigenvalue weighted by atomic mass is 35.5. The number of aryl methyl sites for hydroxylation is 2. The Labute approximate surface area is 101 Å². The van der Waals surface area contributed by atoms with Gasteiger partial charge in [-0.1, -0.05) is 17.7 Å². The summed E-state index contributed by atoms with van der Waals surface area (Å²) in [6, 6.07) is 14.1. The van der Waals surface area contributed by atoms with Crippen LogP contribution in [0.25, 0.3) is 0 Å². The SMILES string of the molecule is Cc1cc(C)cc(Nc2ccc(Cl)cc2)c1. The third-order valence-electron chi connectivity index (χ3n) is 2.35. The quantitative estimate of drug-likeness (QED) is 0.790. The molecule has 0 aromatic heterocycles. The van der Waals surface area contributed by atoms with Crippen LogP contribution in [0.15, 0.2) is 42.5 Å². The second-order valence-corrected chi connectivity index (χ2v) is 4.44. The second-order valence-electron chi connectivity index (χ2n) is 4.01. The van der Waals surface area contributed by atoms with Crippen molar-refractivity contribution in [1.29, 1.82) is 0 Å². The minimum atomic E-state index is 0.756. The lowest BCUT2D eigenvalue weighted by atomic mass is 10.1. The molecule has 2 rings (SSSR count). The third-order valence-corrected chi connectivity index (χ3v) is 2.61. The molecule has 0 atom stereocenters. The van der Waals surface area contributed by atoms with Crippen molar-refractivity contribution in [3.05, 3.63) is 58.6 Å². The molecule has 2 aromatic rings. The highest BCUT2D eigenvalue weighted by Gasteiger charge is 1.97. The molecule has 0 aliphatic heterocycles. The van der Waals surface area contributed by atoms with E-state index >= 15 is 0 Å². The minimum Gasteiger partial charge on any atom is -0.356 e. The molecular formula is C14H14ClN. The molecule has 0 fully saturated rings. The number of hydrogen-bond donors (Lipinski definition) is 1. The van der Waals surface area contributed by atoms with Gasteiger partial charge in [-0.2, -0.15) is 0 Å². The van der Waals surface area contributed by atoms with Crippen LogP contribution >= 0.6 is 11.6 Å².